The lowest BCUT2D eigenvalue weighted by Crippen LogP contribution is -2.29. The van der Waals surface area contributed by atoms with Gasteiger partial charge in [-0.1, -0.05) is 6.07 Å². The largest absolute Gasteiger partial charge is 0.306 e. The molecular formula is C27H25F3N4O2S2. The van der Waals surface area contributed by atoms with Crippen LogP contribution in [0.4, 0.5) is 18.9 Å². The van der Waals surface area contributed by atoms with Crippen LogP contribution in [-0.4, -0.2) is 43.4 Å². The molecule has 3 heterocycles. The van der Waals surface area contributed by atoms with Crippen molar-refractivity contribution < 1.29 is 21.6 Å². The van der Waals surface area contributed by atoms with E-state index >= 15 is 4.39 Å². The number of piperidine rings is 1. The van der Waals surface area contributed by atoms with E-state index in [-0.39, 0.29) is 11.5 Å². The Morgan fingerprint density at radius 2 is 1.82 bits per heavy atom. The Labute approximate surface area is 223 Å². The molecule has 2 aromatic carbocycles. The molecule has 0 amide bonds. The van der Waals surface area contributed by atoms with Crippen LogP contribution >= 0.6 is 11.3 Å². The lowest BCUT2D eigenvalue weighted by molar-refractivity contribution is 0.255. The molecule has 5 rings (SSSR count). The van der Waals surface area contributed by atoms with Gasteiger partial charge in [0.15, 0.2) is 5.82 Å². The average Bonchev–Trinajstić information content (AvgIpc) is 3.32. The first-order valence-electron chi connectivity index (χ1n) is 12.0. The molecule has 0 radical (unpaired) electrons. The number of halogens is 3. The van der Waals surface area contributed by atoms with Crippen molar-refractivity contribution in [1.82, 2.24) is 14.9 Å². The molecule has 2 aromatic heterocycles. The molecule has 11 heteroatoms. The van der Waals surface area contributed by atoms with E-state index in [2.05, 4.69) is 21.7 Å². The molecule has 0 bridgehead atoms. The maximum absolute atomic E-state index is 15.9. The summed E-state index contributed by atoms with van der Waals surface area (Å²) in [5.74, 6) is -2.71. The van der Waals surface area contributed by atoms with Gasteiger partial charge in [-0.25, -0.2) is 26.6 Å². The van der Waals surface area contributed by atoms with Crippen LogP contribution in [0.25, 0.3) is 21.7 Å². The van der Waals surface area contributed by atoms with E-state index in [1.807, 2.05) is 19.1 Å². The molecule has 38 heavy (non-hydrogen) atoms. The fraction of sp³-hybridized carbons (Fsp3) is 0.259. The van der Waals surface area contributed by atoms with E-state index in [4.69, 9.17) is 4.98 Å². The predicted molar refractivity (Wildman–Crippen MR) is 142 cm³/mol. The first-order chi connectivity index (χ1) is 18.1. The van der Waals surface area contributed by atoms with Crippen LogP contribution in [0.1, 0.15) is 29.5 Å². The normalized spacial score (nSPS) is 15.1. The summed E-state index contributed by atoms with van der Waals surface area (Å²) in [5.41, 5.74) is 1.73. The third kappa shape index (κ3) is 5.31. The fourth-order valence-electron chi connectivity index (χ4n) is 4.51. The predicted octanol–water partition coefficient (Wildman–Crippen LogP) is 6.21. The Bertz CT molecular complexity index is 1600. The van der Waals surface area contributed by atoms with Crippen molar-refractivity contribution in [2.24, 2.45) is 0 Å². The highest BCUT2D eigenvalue weighted by Crippen LogP contribution is 2.43. The van der Waals surface area contributed by atoms with Crippen LogP contribution < -0.4 is 4.72 Å². The molecule has 1 aliphatic rings. The van der Waals surface area contributed by atoms with Crippen LogP contribution in [0.3, 0.4) is 0 Å². The van der Waals surface area contributed by atoms with E-state index in [9.17, 15) is 17.2 Å². The standard InChI is InChI=1S/C27H25F3N4O2S2/c1-16-14-18(8-11-31-16)26-25(32-27(37-26)17-9-12-34(2)13-10-17)20-4-3-5-22(24(20)30)33-38(35,36)23-15-19(28)6-7-21(23)29/h3-8,11,14-15,17,33H,9-10,12-13H2,1-2H3. The molecule has 4 aromatic rings. The van der Waals surface area contributed by atoms with Crippen LogP contribution in [-0.2, 0) is 10.0 Å². The SMILES string of the molecule is Cc1cc(-c2sc(C3CCN(C)CC3)nc2-c2cccc(NS(=O)(=O)c3cc(F)ccc3F)c2F)ccn1. The minimum Gasteiger partial charge on any atom is -0.306 e. The molecular weight excluding hydrogens is 533 g/mol. The number of aromatic nitrogens is 2. The van der Waals surface area contributed by atoms with Crippen molar-refractivity contribution in [3.63, 3.8) is 0 Å². The number of rotatable bonds is 6. The minimum atomic E-state index is -4.61. The topological polar surface area (TPSA) is 75.2 Å². The minimum absolute atomic E-state index is 0.102. The number of aryl methyl sites for hydroxylation is 1. The third-order valence-electron chi connectivity index (χ3n) is 6.55. The monoisotopic (exact) mass is 558 g/mol. The fourth-order valence-corrected chi connectivity index (χ4v) is 6.90. The Morgan fingerprint density at radius 3 is 2.55 bits per heavy atom. The smallest absolute Gasteiger partial charge is 0.265 e. The van der Waals surface area contributed by atoms with E-state index in [1.165, 1.54) is 29.5 Å². The van der Waals surface area contributed by atoms with Crippen molar-refractivity contribution in [2.75, 3.05) is 24.9 Å². The molecule has 1 fully saturated rings. The van der Waals surface area contributed by atoms with Crippen molar-refractivity contribution >= 4 is 27.0 Å². The second-order valence-corrected chi connectivity index (χ2v) is 12.0. The van der Waals surface area contributed by atoms with E-state index in [0.717, 1.165) is 53.1 Å². The number of sulfonamides is 1. The summed E-state index contributed by atoms with van der Waals surface area (Å²) in [5, 5.41) is 0.893. The summed E-state index contributed by atoms with van der Waals surface area (Å²) in [4.78, 5) is 11.2. The van der Waals surface area contributed by atoms with Gasteiger partial charge in [-0.05, 0) is 87.9 Å². The first kappa shape index (κ1) is 26.3. The van der Waals surface area contributed by atoms with Gasteiger partial charge in [-0.15, -0.1) is 11.3 Å². The van der Waals surface area contributed by atoms with Gasteiger partial charge in [-0.3, -0.25) is 9.71 Å². The van der Waals surface area contributed by atoms with E-state index in [1.54, 1.807) is 6.20 Å². The Morgan fingerprint density at radius 1 is 1.05 bits per heavy atom. The number of anilines is 1. The number of nitrogens with zero attached hydrogens (tertiary/aromatic N) is 3. The number of hydrogen-bond acceptors (Lipinski definition) is 6. The molecule has 0 saturated carbocycles. The van der Waals surface area contributed by atoms with Gasteiger partial charge in [0.2, 0.25) is 0 Å². The maximum Gasteiger partial charge on any atom is 0.265 e. The number of thiazole rings is 1. The molecule has 1 N–H and O–H groups in total. The quantitative estimate of drug-likeness (QED) is 0.305. The van der Waals surface area contributed by atoms with Gasteiger partial charge in [-0.2, -0.15) is 0 Å². The van der Waals surface area contributed by atoms with Crippen LogP contribution in [0.2, 0.25) is 0 Å². The number of benzene rings is 2. The molecule has 1 saturated heterocycles. The number of likely N-dealkylation sites (tertiary alicyclic amines) is 1. The Hall–Kier alpha value is -3.28. The number of pyridine rings is 1. The van der Waals surface area contributed by atoms with Gasteiger partial charge >= 0.3 is 0 Å². The number of hydrogen-bond donors (Lipinski definition) is 1. The molecule has 0 spiro atoms. The van der Waals surface area contributed by atoms with Crippen LogP contribution in [0.15, 0.2) is 59.6 Å². The van der Waals surface area contributed by atoms with Crippen molar-refractivity contribution in [3.05, 3.63) is 82.9 Å². The summed E-state index contributed by atoms with van der Waals surface area (Å²) in [6.07, 6.45) is 3.54. The highest BCUT2D eigenvalue weighted by atomic mass is 32.2. The maximum atomic E-state index is 15.9. The lowest BCUT2D eigenvalue weighted by atomic mass is 9.98. The van der Waals surface area contributed by atoms with Crippen molar-refractivity contribution in [3.8, 4) is 21.7 Å². The zero-order valence-electron chi connectivity index (χ0n) is 20.7. The molecule has 198 valence electrons. The highest BCUT2D eigenvalue weighted by molar-refractivity contribution is 7.92. The zero-order chi connectivity index (χ0) is 27.0. The Balaban J connectivity index is 1.58. The molecule has 0 unspecified atom stereocenters. The van der Waals surface area contributed by atoms with Gasteiger partial charge in [0, 0.05) is 23.4 Å². The molecule has 0 atom stereocenters. The second kappa shape index (κ2) is 10.5. The lowest BCUT2D eigenvalue weighted by Gasteiger charge is -2.27. The van der Waals surface area contributed by atoms with Gasteiger partial charge in [0.25, 0.3) is 10.0 Å². The van der Waals surface area contributed by atoms with Gasteiger partial charge in [0.1, 0.15) is 16.5 Å². The summed E-state index contributed by atoms with van der Waals surface area (Å²) in [7, 11) is -2.53. The summed E-state index contributed by atoms with van der Waals surface area (Å²) in [6.45, 7) is 3.74. The highest BCUT2D eigenvalue weighted by Gasteiger charge is 2.27. The average molecular weight is 559 g/mol. The molecule has 1 aliphatic heterocycles. The van der Waals surface area contributed by atoms with Crippen molar-refractivity contribution in [2.45, 2.75) is 30.6 Å². The summed E-state index contributed by atoms with van der Waals surface area (Å²) < 4.78 is 71.5. The summed E-state index contributed by atoms with van der Waals surface area (Å²) >= 11 is 1.50. The first-order valence-corrected chi connectivity index (χ1v) is 14.3. The van der Waals surface area contributed by atoms with Crippen molar-refractivity contribution in [1.29, 1.82) is 0 Å². The van der Waals surface area contributed by atoms with Gasteiger partial charge < -0.3 is 4.90 Å². The van der Waals surface area contributed by atoms with E-state index < -0.39 is 38.1 Å². The van der Waals surface area contributed by atoms with Gasteiger partial charge in [0.05, 0.1) is 21.3 Å². The number of nitrogens with one attached hydrogen (secondary N) is 1. The van der Waals surface area contributed by atoms with Crippen LogP contribution in [0.5, 0.6) is 0 Å². The molecule has 0 aliphatic carbocycles. The molecule has 6 nitrogen and oxygen atoms in total. The summed E-state index contributed by atoms with van der Waals surface area (Å²) in [6, 6.07) is 10.1. The van der Waals surface area contributed by atoms with Crippen LogP contribution in [0, 0.1) is 24.4 Å². The third-order valence-corrected chi connectivity index (χ3v) is 9.20. The zero-order valence-corrected chi connectivity index (χ0v) is 22.3. The van der Waals surface area contributed by atoms with E-state index in [0.29, 0.717) is 17.8 Å². The Kier molecular flexibility index (Phi) is 7.26. The second-order valence-electron chi connectivity index (χ2n) is 9.34.